The fourth-order valence-corrected chi connectivity index (χ4v) is 8.90. The van der Waals surface area contributed by atoms with Gasteiger partial charge in [0.1, 0.15) is 11.5 Å². The van der Waals surface area contributed by atoms with Crippen molar-refractivity contribution in [3.63, 3.8) is 0 Å². The molecule has 3 aliphatic carbocycles. The number of hydrogen-bond donors (Lipinski definition) is 0. The molecule has 5 aromatic carbocycles. The third kappa shape index (κ3) is 2.90. The van der Waals surface area contributed by atoms with E-state index in [0.29, 0.717) is 5.69 Å². The summed E-state index contributed by atoms with van der Waals surface area (Å²) in [4.78, 5) is 39.6. The van der Waals surface area contributed by atoms with Crippen LogP contribution in [-0.2, 0) is 14.4 Å². The quantitative estimate of drug-likeness (QED) is 0.195. The number of halogens is 1. The first-order chi connectivity index (χ1) is 21.1. The number of anilines is 2. The van der Waals surface area contributed by atoms with E-state index in [1.54, 1.807) is 0 Å². The molecule has 3 atom stereocenters. The van der Waals surface area contributed by atoms with Crippen molar-refractivity contribution in [1.82, 2.24) is 0 Å². The van der Waals surface area contributed by atoms with Gasteiger partial charge in [-0.1, -0.05) is 119 Å². The number of hydrogen-bond acceptors (Lipinski definition) is 4. The number of rotatable bonds is 3. The smallest absolute Gasteiger partial charge is 0.271 e. The molecule has 0 radical (unpaired) electrons. The number of imide groups is 1. The maximum absolute atomic E-state index is 15.6. The van der Waals surface area contributed by atoms with E-state index in [-0.39, 0.29) is 11.8 Å². The monoisotopic (exact) mass is 624 g/mol. The zero-order valence-electron chi connectivity index (χ0n) is 22.9. The SMILES string of the molecule is O=C1N(c2cccc(Br)c2)C(=O)C23C4c5ccccc5C(c5ccccc54)C12ON(c1ccccc1)C3c1ccccc1. The van der Waals surface area contributed by atoms with Gasteiger partial charge in [0.15, 0.2) is 0 Å². The molecule has 208 valence electrons. The van der Waals surface area contributed by atoms with E-state index in [9.17, 15) is 0 Å². The minimum atomic E-state index is -1.52. The molecule has 2 heterocycles. The van der Waals surface area contributed by atoms with Gasteiger partial charge in [-0.15, -0.1) is 0 Å². The van der Waals surface area contributed by atoms with Gasteiger partial charge in [-0.3, -0.25) is 14.4 Å². The van der Waals surface area contributed by atoms with Crippen LogP contribution in [-0.4, -0.2) is 17.4 Å². The number of amides is 2. The summed E-state index contributed by atoms with van der Waals surface area (Å²) in [6, 6.07) is 43.3. The van der Waals surface area contributed by atoms with Crippen LogP contribution in [0.2, 0.25) is 0 Å². The summed E-state index contributed by atoms with van der Waals surface area (Å²) in [5.74, 6) is -1.47. The van der Waals surface area contributed by atoms with Crippen molar-refractivity contribution in [3.8, 4) is 0 Å². The molecule has 0 N–H and O–H groups in total. The molecule has 2 bridgehead atoms. The van der Waals surface area contributed by atoms with Gasteiger partial charge >= 0.3 is 0 Å². The van der Waals surface area contributed by atoms with Crippen LogP contribution in [0.25, 0.3) is 0 Å². The van der Waals surface area contributed by atoms with E-state index in [2.05, 4.69) is 52.3 Å². The maximum Gasteiger partial charge on any atom is 0.271 e. The predicted octanol–water partition coefficient (Wildman–Crippen LogP) is 7.53. The van der Waals surface area contributed by atoms with Gasteiger partial charge in [-0.25, -0.2) is 9.96 Å². The highest BCUT2D eigenvalue weighted by molar-refractivity contribution is 9.10. The lowest BCUT2D eigenvalue weighted by Crippen LogP contribution is -2.63. The van der Waals surface area contributed by atoms with E-state index >= 15 is 9.59 Å². The highest BCUT2D eigenvalue weighted by Crippen LogP contribution is 2.77. The predicted molar refractivity (Wildman–Crippen MR) is 168 cm³/mol. The Morgan fingerprint density at radius 2 is 1.12 bits per heavy atom. The standard InChI is InChI=1S/C37H25BrN2O3/c38-24-14-11-17-26(22-24)39-34(41)36-31-27-18-7-9-20-29(27)32(30-21-10-8-19-28(30)31)37(36,35(39)42)43-40(25-15-5-2-6-16-25)33(36)23-12-3-1-4-13-23/h1-22,31-33H. The van der Waals surface area contributed by atoms with Gasteiger partial charge in [0, 0.05) is 10.4 Å². The van der Waals surface area contributed by atoms with Crippen LogP contribution in [0, 0.1) is 5.41 Å². The molecule has 0 saturated carbocycles. The van der Waals surface area contributed by atoms with E-state index < -0.39 is 28.9 Å². The number of hydroxylamine groups is 1. The third-order valence-electron chi connectivity index (χ3n) is 9.89. The zero-order valence-corrected chi connectivity index (χ0v) is 24.5. The second-order valence-corrected chi connectivity index (χ2v) is 12.6. The van der Waals surface area contributed by atoms with Crippen molar-refractivity contribution >= 4 is 39.1 Å². The van der Waals surface area contributed by atoms with Gasteiger partial charge in [-0.05, 0) is 58.1 Å². The normalized spacial score (nSPS) is 28.0. The van der Waals surface area contributed by atoms with Gasteiger partial charge < -0.3 is 0 Å². The Labute approximate surface area is 257 Å². The van der Waals surface area contributed by atoms with Crippen LogP contribution in [0.4, 0.5) is 11.4 Å². The molecule has 2 fully saturated rings. The lowest BCUT2D eigenvalue weighted by molar-refractivity contribution is -0.153. The Morgan fingerprint density at radius 1 is 0.581 bits per heavy atom. The van der Waals surface area contributed by atoms with Crippen LogP contribution in [0.15, 0.2) is 138 Å². The summed E-state index contributed by atoms with van der Waals surface area (Å²) in [6.45, 7) is 0. The summed E-state index contributed by atoms with van der Waals surface area (Å²) in [5.41, 5.74) is 3.70. The molecule has 2 amide bonds. The molecular formula is C37H25BrN2O3. The second-order valence-electron chi connectivity index (χ2n) is 11.7. The summed E-state index contributed by atoms with van der Waals surface area (Å²) in [7, 11) is 0. The van der Waals surface area contributed by atoms with E-state index in [0.717, 1.165) is 38.0 Å². The Kier molecular flexibility index (Phi) is 5.09. The zero-order chi connectivity index (χ0) is 28.9. The van der Waals surface area contributed by atoms with Gasteiger partial charge in [0.05, 0.1) is 17.3 Å². The van der Waals surface area contributed by atoms with Crippen molar-refractivity contribution < 1.29 is 14.4 Å². The van der Waals surface area contributed by atoms with Crippen LogP contribution in [0.1, 0.15) is 45.7 Å². The van der Waals surface area contributed by atoms with Crippen molar-refractivity contribution in [1.29, 1.82) is 0 Å². The van der Waals surface area contributed by atoms with Crippen molar-refractivity contribution in [2.45, 2.75) is 23.5 Å². The molecule has 43 heavy (non-hydrogen) atoms. The van der Waals surface area contributed by atoms with E-state index in [4.69, 9.17) is 4.84 Å². The number of benzene rings is 5. The first-order valence-electron chi connectivity index (χ1n) is 14.5. The van der Waals surface area contributed by atoms with Gasteiger partial charge in [-0.2, -0.15) is 0 Å². The third-order valence-corrected chi connectivity index (χ3v) is 10.4. The maximum atomic E-state index is 15.6. The highest BCUT2D eigenvalue weighted by atomic mass is 79.9. The first-order valence-corrected chi connectivity index (χ1v) is 15.3. The summed E-state index contributed by atoms with van der Waals surface area (Å²) < 4.78 is 0.793. The van der Waals surface area contributed by atoms with Gasteiger partial charge in [0.2, 0.25) is 11.5 Å². The molecule has 5 aliphatic rings. The molecular weight excluding hydrogens is 600 g/mol. The number of carbonyl (C=O) groups excluding carboxylic acids is 2. The molecule has 5 nitrogen and oxygen atoms in total. The van der Waals surface area contributed by atoms with Crippen LogP contribution in [0.3, 0.4) is 0 Å². The van der Waals surface area contributed by atoms with Crippen molar-refractivity contribution in [3.05, 3.63) is 166 Å². The minimum Gasteiger partial charge on any atom is -0.273 e. The first kappa shape index (κ1) is 25.0. The molecule has 0 aromatic heterocycles. The molecule has 10 rings (SSSR count). The van der Waals surface area contributed by atoms with E-state index in [1.807, 2.05) is 102 Å². The summed E-state index contributed by atoms with van der Waals surface area (Å²) >= 11 is 3.57. The Morgan fingerprint density at radius 3 is 1.72 bits per heavy atom. The van der Waals surface area contributed by atoms with Gasteiger partial charge in [0.25, 0.3) is 5.91 Å². The highest BCUT2D eigenvalue weighted by Gasteiger charge is 2.87. The number of nitrogens with zero attached hydrogens (tertiary/aromatic N) is 2. The Hall–Kier alpha value is -4.52. The number of para-hydroxylation sites is 1. The van der Waals surface area contributed by atoms with Crippen LogP contribution >= 0.6 is 15.9 Å². The Bertz CT molecular complexity index is 1920. The lowest BCUT2D eigenvalue weighted by atomic mass is 9.43. The molecule has 2 aliphatic heterocycles. The van der Waals surface area contributed by atoms with Crippen LogP contribution in [0.5, 0.6) is 0 Å². The average molecular weight is 626 g/mol. The molecule has 0 spiro atoms. The largest absolute Gasteiger partial charge is 0.273 e. The van der Waals surface area contributed by atoms with E-state index in [1.165, 1.54) is 4.90 Å². The fourth-order valence-electron chi connectivity index (χ4n) is 8.51. The fraction of sp³-hybridized carbons (Fsp3) is 0.135. The molecule has 2 saturated heterocycles. The average Bonchev–Trinajstić information content (AvgIpc) is 3.49. The number of carbonyl (C=O) groups is 2. The summed E-state index contributed by atoms with van der Waals surface area (Å²) in [5, 5.41) is 1.86. The topological polar surface area (TPSA) is 49.9 Å². The molecule has 6 heteroatoms. The second kappa shape index (κ2) is 8.75. The van der Waals surface area contributed by atoms with Crippen LogP contribution < -0.4 is 9.96 Å². The Balaban J connectivity index is 1.44. The van der Waals surface area contributed by atoms with Crippen molar-refractivity contribution in [2.24, 2.45) is 5.41 Å². The lowest BCUT2D eigenvalue weighted by Gasteiger charge is -2.55. The van der Waals surface area contributed by atoms with Crippen molar-refractivity contribution in [2.75, 3.05) is 9.96 Å². The summed E-state index contributed by atoms with van der Waals surface area (Å²) in [6.07, 6.45) is 0. The molecule has 3 unspecified atom stereocenters. The molecule has 5 aromatic rings. The minimum absolute atomic E-state index is 0.234.